The number of rotatable bonds is 6. The van der Waals surface area contributed by atoms with Crippen molar-refractivity contribution in [3.05, 3.63) is 71.4 Å². The van der Waals surface area contributed by atoms with Gasteiger partial charge in [0.15, 0.2) is 6.61 Å². The van der Waals surface area contributed by atoms with Gasteiger partial charge in [0.2, 0.25) is 0 Å². The van der Waals surface area contributed by atoms with Crippen molar-refractivity contribution < 1.29 is 19.1 Å². The van der Waals surface area contributed by atoms with Crippen LogP contribution in [0.2, 0.25) is 0 Å². The Hall–Kier alpha value is -3.61. The van der Waals surface area contributed by atoms with Crippen LogP contribution in [-0.2, 0) is 16.1 Å². The third-order valence-electron chi connectivity index (χ3n) is 3.73. The zero-order valence-corrected chi connectivity index (χ0v) is 13.8. The summed E-state index contributed by atoms with van der Waals surface area (Å²) in [4.78, 5) is 36.7. The molecule has 0 spiro atoms. The Balaban J connectivity index is 1.81. The van der Waals surface area contributed by atoms with Crippen molar-refractivity contribution in [3.63, 3.8) is 0 Å². The van der Waals surface area contributed by atoms with E-state index in [0.717, 1.165) is 10.5 Å². The van der Waals surface area contributed by atoms with Crippen LogP contribution in [0.25, 0.3) is 6.08 Å². The highest BCUT2D eigenvalue weighted by Gasteiger charge is 2.33. The SMILES string of the molecule is NC(=O)COc1ccccc1/C=C1/NC(=O)N(Cc2ccccc2)C1=O. The molecule has 0 aliphatic carbocycles. The monoisotopic (exact) mass is 351 g/mol. The first-order valence-corrected chi connectivity index (χ1v) is 7.93. The van der Waals surface area contributed by atoms with Crippen molar-refractivity contribution in [2.24, 2.45) is 5.73 Å². The summed E-state index contributed by atoms with van der Waals surface area (Å²) in [7, 11) is 0. The summed E-state index contributed by atoms with van der Waals surface area (Å²) in [6, 6.07) is 15.6. The minimum absolute atomic E-state index is 0.140. The maximum Gasteiger partial charge on any atom is 0.329 e. The number of benzene rings is 2. The number of primary amides is 1. The van der Waals surface area contributed by atoms with E-state index >= 15 is 0 Å². The molecule has 1 saturated heterocycles. The average molecular weight is 351 g/mol. The number of imide groups is 1. The number of hydrogen-bond acceptors (Lipinski definition) is 4. The maximum atomic E-state index is 12.6. The Kier molecular flexibility index (Phi) is 4.98. The van der Waals surface area contributed by atoms with Gasteiger partial charge in [0.25, 0.3) is 11.8 Å². The molecule has 7 heteroatoms. The van der Waals surface area contributed by atoms with Gasteiger partial charge in [0.1, 0.15) is 11.4 Å². The van der Waals surface area contributed by atoms with Gasteiger partial charge < -0.3 is 15.8 Å². The second kappa shape index (κ2) is 7.52. The molecule has 1 fully saturated rings. The van der Waals surface area contributed by atoms with E-state index in [1.165, 1.54) is 6.08 Å². The number of amides is 4. The molecular weight excluding hydrogens is 334 g/mol. The second-order valence-electron chi connectivity index (χ2n) is 5.66. The number of urea groups is 1. The topological polar surface area (TPSA) is 102 Å². The first kappa shape index (κ1) is 17.2. The number of carbonyl (C=O) groups excluding carboxylic acids is 3. The van der Waals surface area contributed by atoms with Crippen molar-refractivity contribution in [2.75, 3.05) is 6.61 Å². The highest BCUT2D eigenvalue weighted by atomic mass is 16.5. The van der Waals surface area contributed by atoms with Crippen LogP contribution in [-0.4, -0.2) is 29.4 Å². The number of nitrogens with one attached hydrogen (secondary N) is 1. The lowest BCUT2D eigenvalue weighted by atomic mass is 10.1. The van der Waals surface area contributed by atoms with Crippen LogP contribution in [0.5, 0.6) is 5.75 Å². The average Bonchev–Trinajstić information content (AvgIpc) is 2.89. The van der Waals surface area contributed by atoms with Gasteiger partial charge in [-0.2, -0.15) is 0 Å². The molecule has 26 heavy (non-hydrogen) atoms. The van der Waals surface area contributed by atoms with E-state index in [4.69, 9.17) is 10.5 Å². The molecule has 0 saturated carbocycles. The summed E-state index contributed by atoms with van der Waals surface area (Å²) >= 11 is 0. The predicted molar refractivity (Wildman–Crippen MR) is 94.6 cm³/mol. The largest absolute Gasteiger partial charge is 0.483 e. The molecule has 1 heterocycles. The molecular formula is C19H17N3O4. The Labute approximate surface area is 150 Å². The number of nitrogens with zero attached hydrogens (tertiary/aromatic N) is 1. The molecule has 7 nitrogen and oxygen atoms in total. The lowest BCUT2D eigenvalue weighted by molar-refractivity contribution is -0.123. The third kappa shape index (κ3) is 3.89. The minimum Gasteiger partial charge on any atom is -0.483 e. The number of carbonyl (C=O) groups is 3. The van der Waals surface area contributed by atoms with Crippen LogP contribution in [0.1, 0.15) is 11.1 Å². The van der Waals surface area contributed by atoms with Crippen LogP contribution >= 0.6 is 0 Å². The van der Waals surface area contributed by atoms with Gasteiger partial charge in [-0.25, -0.2) is 4.79 Å². The van der Waals surface area contributed by atoms with Crippen molar-refractivity contribution >= 4 is 23.9 Å². The first-order chi connectivity index (χ1) is 12.5. The number of hydrogen-bond donors (Lipinski definition) is 2. The highest BCUT2D eigenvalue weighted by molar-refractivity contribution is 6.14. The van der Waals surface area contributed by atoms with Crippen LogP contribution in [0.15, 0.2) is 60.3 Å². The molecule has 132 valence electrons. The smallest absolute Gasteiger partial charge is 0.329 e. The number of para-hydroxylation sites is 1. The molecule has 2 aromatic carbocycles. The Morgan fingerprint density at radius 2 is 1.77 bits per heavy atom. The van der Waals surface area contributed by atoms with E-state index in [1.807, 2.05) is 30.3 Å². The lowest BCUT2D eigenvalue weighted by Gasteiger charge is -2.11. The van der Waals surface area contributed by atoms with E-state index in [9.17, 15) is 14.4 Å². The zero-order valence-electron chi connectivity index (χ0n) is 13.8. The van der Waals surface area contributed by atoms with Crippen molar-refractivity contribution in [1.82, 2.24) is 10.2 Å². The van der Waals surface area contributed by atoms with E-state index in [0.29, 0.717) is 11.3 Å². The molecule has 1 aliphatic heterocycles. The summed E-state index contributed by atoms with van der Waals surface area (Å²) < 4.78 is 5.34. The van der Waals surface area contributed by atoms with Gasteiger partial charge in [0.05, 0.1) is 6.54 Å². The zero-order chi connectivity index (χ0) is 18.5. The molecule has 3 rings (SSSR count). The molecule has 0 atom stereocenters. The first-order valence-electron chi connectivity index (χ1n) is 7.93. The molecule has 1 aliphatic rings. The normalized spacial score (nSPS) is 15.2. The number of ether oxygens (including phenoxy) is 1. The summed E-state index contributed by atoms with van der Waals surface area (Å²) in [6.07, 6.45) is 1.52. The van der Waals surface area contributed by atoms with Crippen LogP contribution in [0.3, 0.4) is 0 Å². The fourth-order valence-electron chi connectivity index (χ4n) is 2.52. The highest BCUT2D eigenvalue weighted by Crippen LogP contribution is 2.23. The minimum atomic E-state index is -0.605. The lowest BCUT2D eigenvalue weighted by Crippen LogP contribution is -2.30. The van der Waals surface area contributed by atoms with Gasteiger partial charge in [-0.3, -0.25) is 14.5 Å². The molecule has 3 N–H and O–H groups in total. The Bertz CT molecular complexity index is 877. The van der Waals surface area contributed by atoms with E-state index < -0.39 is 17.8 Å². The maximum absolute atomic E-state index is 12.6. The van der Waals surface area contributed by atoms with Crippen molar-refractivity contribution in [3.8, 4) is 5.75 Å². The quantitative estimate of drug-likeness (QED) is 0.610. The predicted octanol–water partition coefficient (Wildman–Crippen LogP) is 1.64. The second-order valence-corrected chi connectivity index (χ2v) is 5.66. The third-order valence-corrected chi connectivity index (χ3v) is 3.73. The van der Waals surface area contributed by atoms with Gasteiger partial charge in [0, 0.05) is 5.56 Å². The van der Waals surface area contributed by atoms with Gasteiger partial charge in [-0.15, -0.1) is 0 Å². The Morgan fingerprint density at radius 1 is 1.08 bits per heavy atom. The summed E-state index contributed by atoms with van der Waals surface area (Å²) in [5.41, 5.74) is 6.63. The van der Waals surface area contributed by atoms with Crippen molar-refractivity contribution in [2.45, 2.75) is 6.54 Å². The summed E-state index contributed by atoms with van der Waals surface area (Å²) in [5.74, 6) is -0.641. The van der Waals surface area contributed by atoms with Crippen molar-refractivity contribution in [1.29, 1.82) is 0 Å². The molecule has 0 unspecified atom stereocenters. The fraction of sp³-hybridized carbons (Fsp3) is 0.105. The number of nitrogens with two attached hydrogens (primary N) is 1. The van der Waals surface area contributed by atoms with Crippen LogP contribution in [0, 0.1) is 0 Å². The van der Waals surface area contributed by atoms with Gasteiger partial charge >= 0.3 is 6.03 Å². The Morgan fingerprint density at radius 3 is 2.50 bits per heavy atom. The van der Waals surface area contributed by atoms with Crippen LogP contribution in [0.4, 0.5) is 4.79 Å². The molecule has 0 bridgehead atoms. The molecule has 0 radical (unpaired) electrons. The van der Waals surface area contributed by atoms with Crippen LogP contribution < -0.4 is 15.8 Å². The molecule has 0 aromatic heterocycles. The van der Waals surface area contributed by atoms with E-state index in [1.54, 1.807) is 24.3 Å². The van der Waals surface area contributed by atoms with Gasteiger partial charge in [-0.1, -0.05) is 48.5 Å². The van der Waals surface area contributed by atoms with E-state index in [-0.39, 0.29) is 18.8 Å². The fourth-order valence-corrected chi connectivity index (χ4v) is 2.52. The summed E-state index contributed by atoms with van der Waals surface area (Å²) in [6.45, 7) is -0.0940. The molecule has 2 aromatic rings. The van der Waals surface area contributed by atoms with E-state index in [2.05, 4.69) is 5.32 Å². The summed E-state index contributed by atoms with van der Waals surface area (Å²) in [5, 5.41) is 2.57. The standard InChI is InChI=1S/C19H17N3O4/c20-17(23)12-26-16-9-5-4-8-14(16)10-15-18(24)22(19(25)21-15)11-13-6-2-1-3-7-13/h1-10H,11-12H2,(H2,20,23)(H,21,25)/b15-10+. The molecule has 4 amide bonds. The van der Waals surface area contributed by atoms with Gasteiger partial charge in [-0.05, 0) is 17.7 Å².